The number of aromatic carboxylic acids is 1. The Morgan fingerprint density at radius 3 is 1.29 bits per heavy atom. The number of nitrogens with one attached hydrogen (secondary N) is 2. The summed E-state index contributed by atoms with van der Waals surface area (Å²) in [6.45, 7) is 14.3. The van der Waals surface area contributed by atoms with E-state index in [1.165, 1.54) is 19.2 Å². The van der Waals surface area contributed by atoms with Gasteiger partial charge in [0.05, 0.1) is 45.5 Å². The first kappa shape index (κ1) is 65.9. The van der Waals surface area contributed by atoms with E-state index >= 15 is 0 Å². The summed E-state index contributed by atoms with van der Waals surface area (Å²) in [4.78, 5) is 61.5. The molecule has 2 atom stereocenters. The van der Waals surface area contributed by atoms with Crippen molar-refractivity contribution in [1.82, 2.24) is 39.3 Å². The molecular weight excluding hydrogens is 1130 g/mol. The maximum absolute atomic E-state index is 12.8. The number of carboxylic acids is 1. The molecule has 0 radical (unpaired) electrons. The van der Waals surface area contributed by atoms with Crippen LogP contribution in [0.2, 0.25) is 0 Å². The summed E-state index contributed by atoms with van der Waals surface area (Å²) in [6, 6.07) is 31.9. The van der Waals surface area contributed by atoms with E-state index in [1.807, 2.05) is 99.4 Å². The van der Waals surface area contributed by atoms with Gasteiger partial charge in [-0.05, 0) is 151 Å². The molecule has 2 saturated heterocycles. The van der Waals surface area contributed by atoms with Crippen LogP contribution in [-0.2, 0) is 27.3 Å². The Labute approximate surface area is 526 Å². The third-order valence-electron chi connectivity index (χ3n) is 13.8. The van der Waals surface area contributed by atoms with Gasteiger partial charge < -0.3 is 64.2 Å². The summed E-state index contributed by atoms with van der Waals surface area (Å²) in [7, 11) is 4.61. The number of piperidine rings is 2. The maximum Gasteiger partial charge on any atom is 1.00 e. The second-order valence-electron chi connectivity index (χ2n) is 22.6. The number of carbonyl (C=O) groups excluding carboxylic acids is 3. The molecule has 24 heteroatoms. The van der Waals surface area contributed by atoms with E-state index < -0.39 is 23.1 Å². The average Bonchev–Trinajstić information content (AvgIpc) is 1.97. The molecule has 0 unspecified atom stereocenters. The van der Waals surface area contributed by atoms with Gasteiger partial charge in [-0.2, -0.15) is 10.2 Å². The molecule has 2 aliphatic heterocycles. The van der Waals surface area contributed by atoms with Crippen LogP contribution in [0.3, 0.4) is 0 Å². The number of hydrogen-bond donors (Lipinski definition) is 3. The minimum Gasteiger partial charge on any atom is -0.870 e. The Kier molecular flexibility index (Phi) is 22.1. The molecule has 2 amide bonds. The van der Waals surface area contributed by atoms with E-state index in [1.54, 1.807) is 84.9 Å². The summed E-state index contributed by atoms with van der Waals surface area (Å²) in [5.41, 5.74) is 2.75. The van der Waals surface area contributed by atoms with E-state index in [0.717, 1.165) is 48.3 Å². The largest absolute Gasteiger partial charge is 1.00 e. The van der Waals surface area contributed by atoms with Crippen molar-refractivity contribution < 1.29 is 92.5 Å². The third kappa shape index (κ3) is 17.3. The number of fused-ring (bicyclic) bond motifs is 2. The van der Waals surface area contributed by atoms with Crippen molar-refractivity contribution in [2.75, 3.05) is 58.1 Å². The average molecular weight is 1200 g/mol. The van der Waals surface area contributed by atoms with Gasteiger partial charge in [-0.15, -0.1) is 0 Å². The number of carboxylic acid groups (broad SMARTS) is 1. The number of nitrogens with zero attached hydrogens (tertiary/aromatic N) is 8. The first-order valence-corrected chi connectivity index (χ1v) is 28.1. The number of methoxy groups -OCH3 is 3. The number of esters is 1. The zero-order chi connectivity index (χ0) is 60.4. The Bertz CT molecular complexity index is 3620. The fraction of sp³-hybridized carbons (Fsp3) is 0.365. The van der Waals surface area contributed by atoms with Crippen LogP contribution in [-0.4, -0.2) is 145 Å². The van der Waals surface area contributed by atoms with Crippen LogP contribution in [0.4, 0.5) is 21.2 Å². The Morgan fingerprint density at radius 2 is 0.931 bits per heavy atom. The maximum atomic E-state index is 12.8. The van der Waals surface area contributed by atoms with Crippen LogP contribution < -0.4 is 59.1 Å². The van der Waals surface area contributed by atoms with Crippen molar-refractivity contribution in [3.05, 3.63) is 144 Å². The zero-order valence-corrected chi connectivity index (χ0v) is 52.7. The molecule has 0 spiro atoms. The summed E-state index contributed by atoms with van der Waals surface area (Å²) >= 11 is 0. The van der Waals surface area contributed by atoms with Crippen LogP contribution in [0.1, 0.15) is 99.1 Å². The van der Waals surface area contributed by atoms with E-state index in [4.69, 9.17) is 43.4 Å². The number of hydrogen-bond acceptors (Lipinski definition) is 18. The second-order valence-corrected chi connectivity index (χ2v) is 22.6. The Morgan fingerprint density at radius 1 is 0.552 bits per heavy atom. The molecule has 0 bridgehead atoms. The van der Waals surface area contributed by atoms with Gasteiger partial charge in [-0.1, -0.05) is 24.3 Å². The minimum atomic E-state index is -1.01. The molecule has 87 heavy (non-hydrogen) atoms. The second kappa shape index (κ2) is 29.2. The van der Waals surface area contributed by atoms with Crippen LogP contribution in [0.25, 0.3) is 22.1 Å². The van der Waals surface area contributed by atoms with Crippen molar-refractivity contribution in [2.24, 2.45) is 0 Å². The zero-order valence-electron chi connectivity index (χ0n) is 50.7. The normalized spacial score (nSPS) is 14.9. The van der Waals surface area contributed by atoms with E-state index in [2.05, 4.69) is 20.6 Å². The van der Waals surface area contributed by atoms with Crippen molar-refractivity contribution in [2.45, 2.75) is 104 Å². The summed E-state index contributed by atoms with van der Waals surface area (Å²) < 4.78 is 42.8. The number of carbonyl (C=O) groups is 4. The van der Waals surface area contributed by atoms with Crippen molar-refractivity contribution in [1.29, 1.82) is 0 Å². The van der Waals surface area contributed by atoms with Gasteiger partial charge in [-0.25, -0.2) is 38.5 Å². The van der Waals surface area contributed by atoms with Crippen molar-refractivity contribution in [3.8, 4) is 34.5 Å². The molecule has 2 fully saturated rings. The summed E-state index contributed by atoms with van der Waals surface area (Å²) in [5, 5.41) is 27.6. The number of ether oxygens (including phenoxy) is 7. The van der Waals surface area contributed by atoms with Crippen LogP contribution in [0.5, 0.6) is 34.5 Å². The summed E-state index contributed by atoms with van der Waals surface area (Å²) in [6.07, 6.45) is 6.03. The number of aromatic nitrogens is 6. The standard InChI is InChI=1S/C32H37N5O6.C31H35N5O6.Na.H2O/c1-32(2,3)43-31(39)36-18-6-7-23(20-36)34-28-27-26(42-25-14-10-22(11-15-25)30(38)41-5)16-17-33-29(27)37(35-28)19-21-8-12-24(40-4)13-9-21;1-31(2,3)42-30(39)35-17-5-6-22(19-35)33-27-26-25(41-24-13-9-21(10-14-24)29(37)38)15-16-32-28(26)36(34-27)18-20-7-11-23(40-4)12-8-20;;/h8-17,23H,6-7,18-20H2,1-5H3,(H,34,35);7-16,22H,5-6,17-19H2,1-4H3,(H,33,34)(H,37,38);;1H2/q;;+1;/p-1/t23-;22-;;/m11../s1. The Balaban J connectivity index is 0.000000243. The van der Waals surface area contributed by atoms with Gasteiger partial charge in [0.15, 0.2) is 22.9 Å². The fourth-order valence-electron chi connectivity index (χ4n) is 9.80. The van der Waals surface area contributed by atoms with Crippen LogP contribution in [0.15, 0.2) is 122 Å². The molecule has 6 heterocycles. The molecule has 4 aromatic carbocycles. The van der Waals surface area contributed by atoms with Gasteiger partial charge in [0, 0.05) is 62.8 Å². The van der Waals surface area contributed by atoms with Crippen LogP contribution >= 0.6 is 0 Å². The Hall–Kier alpha value is -8.64. The molecule has 4 aromatic heterocycles. The molecule has 0 aliphatic carbocycles. The van der Waals surface area contributed by atoms with Crippen molar-refractivity contribution in [3.63, 3.8) is 0 Å². The molecule has 4 N–H and O–H groups in total. The molecular formula is C63H73N10NaO13. The smallest absolute Gasteiger partial charge is 0.870 e. The van der Waals surface area contributed by atoms with Gasteiger partial charge in [0.25, 0.3) is 0 Å². The van der Waals surface area contributed by atoms with E-state index in [9.17, 15) is 24.3 Å². The van der Waals surface area contributed by atoms with E-state index in [0.29, 0.717) is 102 Å². The van der Waals surface area contributed by atoms with Gasteiger partial charge in [0.2, 0.25) is 0 Å². The molecule has 2 aliphatic rings. The topological polar surface area (TPSA) is 275 Å². The monoisotopic (exact) mass is 1200 g/mol. The number of benzene rings is 4. The fourth-order valence-corrected chi connectivity index (χ4v) is 9.80. The number of amides is 2. The number of likely N-dealkylation sites (tertiary alicyclic amines) is 2. The van der Waals surface area contributed by atoms with Gasteiger partial charge in [-0.3, -0.25) is 0 Å². The molecule has 0 saturated carbocycles. The number of pyridine rings is 2. The van der Waals surface area contributed by atoms with Gasteiger partial charge >= 0.3 is 53.7 Å². The van der Waals surface area contributed by atoms with Crippen LogP contribution in [0, 0.1) is 0 Å². The number of anilines is 2. The molecule has 8 aromatic rings. The third-order valence-corrected chi connectivity index (χ3v) is 13.8. The number of rotatable bonds is 16. The van der Waals surface area contributed by atoms with Gasteiger partial charge in [0.1, 0.15) is 56.5 Å². The predicted octanol–water partition coefficient (Wildman–Crippen LogP) is 8.50. The minimum absolute atomic E-state index is 0. The predicted molar refractivity (Wildman–Crippen MR) is 321 cm³/mol. The first-order valence-electron chi connectivity index (χ1n) is 28.1. The molecule has 10 rings (SSSR count). The molecule has 23 nitrogen and oxygen atoms in total. The summed E-state index contributed by atoms with van der Waals surface area (Å²) in [5.74, 6) is 3.40. The SMILES string of the molecule is COC(=O)c1ccc(Oc2ccnc3c2c(N[C@@H]2CCCN(C(=O)OC(C)(C)C)C2)nn3Cc2ccc(OC)cc2)cc1.COc1ccc(Cn2nc(N[C@@H]3CCCN(C(=O)OC(C)(C)C)C3)c3c(Oc4ccc(C(=O)O)cc4)ccnc32)cc1.[Na+].[OH-]. The first-order chi connectivity index (χ1) is 40.7. The molecule has 454 valence electrons. The van der Waals surface area contributed by atoms with Crippen molar-refractivity contribution >= 4 is 57.8 Å². The van der Waals surface area contributed by atoms with E-state index in [-0.39, 0.29) is 64.9 Å². The quantitative estimate of drug-likeness (QED) is 0.0464.